The summed E-state index contributed by atoms with van der Waals surface area (Å²) in [6.45, 7) is 0. The summed E-state index contributed by atoms with van der Waals surface area (Å²) in [7, 11) is 0. The third kappa shape index (κ3) is 2.27. The molecule has 0 radical (unpaired) electrons. The third-order valence-electron chi connectivity index (χ3n) is 3.86. The van der Waals surface area contributed by atoms with Crippen LogP contribution in [0.3, 0.4) is 0 Å². The van der Waals surface area contributed by atoms with Gasteiger partial charge in [-0.2, -0.15) is 4.98 Å². The van der Waals surface area contributed by atoms with Crippen molar-refractivity contribution in [2.75, 3.05) is 0 Å². The number of aromatic nitrogens is 2. The lowest BCUT2D eigenvalue weighted by atomic mass is 9.89. The molecule has 0 aromatic carbocycles. The van der Waals surface area contributed by atoms with E-state index in [-0.39, 0.29) is 12.0 Å². The molecule has 1 heterocycles. The zero-order valence-corrected chi connectivity index (χ0v) is 10.0. The first kappa shape index (κ1) is 11.0. The first-order valence-electron chi connectivity index (χ1n) is 6.60. The van der Waals surface area contributed by atoms with E-state index in [0.717, 1.165) is 18.1 Å². The van der Waals surface area contributed by atoms with E-state index in [1.807, 2.05) is 6.08 Å². The standard InChI is InChI=1S/C13H19N3O/c14-11-7-6-10(8-11)13-15-12(16-17-13)9-4-2-1-3-5-9/h6-7,9-11H,1-5,8,14H2. The molecular weight excluding hydrogens is 214 g/mol. The highest BCUT2D eigenvalue weighted by Crippen LogP contribution is 2.33. The molecular formula is C13H19N3O. The van der Waals surface area contributed by atoms with Crippen LogP contribution < -0.4 is 5.73 Å². The Morgan fingerprint density at radius 3 is 2.71 bits per heavy atom. The largest absolute Gasteiger partial charge is 0.339 e. The van der Waals surface area contributed by atoms with E-state index in [9.17, 15) is 0 Å². The van der Waals surface area contributed by atoms with Crippen molar-refractivity contribution >= 4 is 0 Å². The topological polar surface area (TPSA) is 64.9 Å². The van der Waals surface area contributed by atoms with Crippen LogP contribution in [0.25, 0.3) is 0 Å². The van der Waals surface area contributed by atoms with Crippen molar-refractivity contribution in [3.63, 3.8) is 0 Å². The van der Waals surface area contributed by atoms with Gasteiger partial charge in [0.25, 0.3) is 0 Å². The second-order valence-corrected chi connectivity index (χ2v) is 5.22. The normalized spacial score (nSPS) is 29.9. The average molecular weight is 233 g/mol. The zero-order valence-electron chi connectivity index (χ0n) is 10.0. The highest BCUT2D eigenvalue weighted by atomic mass is 16.5. The van der Waals surface area contributed by atoms with Gasteiger partial charge in [0.1, 0.15) is 0 Å². The number of nitrogens with zero attached hydrogens (tertiary/aromatic N) is 2. The second kappa shape index (κ2) is 4.61. The molecule has 0 bridgehead atoms. The summed E-state index contributed by atoms with van der Waals surface area (Å²) in [4.78, 5) is 4.57. The van der Waals surface area contributed by atoms with E-state index in [1.165, 1.54) is 32.1 Å². The number of rotatable bonds is 2. The van der Waals surface area contributed by atoms with E-state index in [2.05, 4.69) is 16.2 Å². The molecule has 2 atom stereocenters. The Hall–Kier alpha value is -1.16. The van der Waals surface area contributed by atoms with Gasteiger partial charge < -0.3 is 10.3 Å². The van der Waals surface area contributed by atoms with Crippen molar-refractivity contribution in [1.82, 2.24) is 10.1 Å². The van der Waals surface area contributed by atoms with E-state index in [1.54, 1.807) is 0 Å². The minimum Gasteiger partial charge on any atom is -0.339 e. The Kier molecular flexibility index (Phi) is 2.97. The summed E-state index contributed by atoms with van der Waals surface area (Å²) in [5.41, 5.74) is 5.84. The van der Waals surface area contributed by atoms with Crippen molar-refractivity contribution < 1.29 is 4.52 Å². The Morgan fingerprint density at radius 2 is 2.00 bits per heavy atom. The minimum absolute atomic E-state index is 0.144. The minimum atomic E-state index is 0.144. The van der Waals surface area contributed by atoms with Crippen LogP contribution >= 0.6 is 0 Å². The molecule has 0 amide bonds. The summed E-state index contributed by atoms with van der Waals surface area (Å²) in [6, 6.07) is 0.144. The van der Waals surface area contributed by atoms with Gasteiger partial charge in [-0.15, -0.1) is 0 Å². The molecule has 1 saturated carbocycles. The molecule has 3 rings (SSSR count). The maximum atomic E-state index is 5.84. The van der Waals surface area contributed by atoms with Gasteiger partial charge in [-0.1, -0.05) is 36.6 Å². The number of allylic oxidation sites excluding steroid dienone is 1. The van der Waals surface area contributed by atoms with Crippen LogP contribution in [0, 0.1) is 0 Å². The van der Waals surface area contributed by atoms with Crippen LogP contribution in [0.4, 0.5) is 0 Å². The molecule has 0 spiro atoms. The molecule has 2 aliphatic carbocycles. The van der Waals surface area contributed by atoms with E-state index in [0.29, 0.717) is 5.92 Å². The van der Waals surface area contributed by atoms with Crippen LogP contribution in [0.15, 0.2) is 16.7 Å². The van der Waals surface area contributed by atoms with Crippen LogP contribution in [0.5, 0.6) is 0 Å². The summed E-state index contributed by atoms with van der Waals surface area (Å²) in [5, 5.41) is 4.15. The second-order valence-electron chi connectivity index (χ2n) is 5.22. The number of hydrogen-bond donors (Lipinski definition) is 1. The van der Waals surface area contributed by atoms with Gasteiger partial charge in [0.2, 0.25) is 5.89 Å². The van der Waals surface area contributed by atoms with Gasteiger partial charge in [-0.25, -0.2) is 0 Å². The van der Waals surface area contributed by atoms with Crippen LogP contribution in [-0.4, -0.2) is 16.2 Å². The van der Waals surface area contributed by atoms with Crippen molar-refractivity contribution in [3.05, 3.63) is 23.9 Å². The van der Waals surface area contributed by atoms with Crippen LogP contribution in [-0.2, 0) is 0 Å². The van der Waals surface area contributed by atoms with Crippen molar-refractivity contribution in [2.45, 2.75) is 56.4 Å². The van der Waals surface area contributed by atoms with Gasteiger partial charge in [-0.3, -0.25) is 0 Å². The van der Waals surface area contributed by atoms with Gasteiger partial charge in [0.05, 0.1) is 5.92 Å². The molecule has 17 heavy (non-hydrogen) atoms. The fourth-order valence-electron chi connectivity index (χ4n) is 2.83. The predicted molar refractivity (Wildman–Crippen MR) is 64.6 cm³/mol. The molecule has 0 aliphatic heterocycles. The molecule has 2 N–H and O–H groups in total. The van der Waals surface area contributed by atoms with Crippen molar-refractivity contribution in [2.24, 2.45) is 5.73 Å². The summed E-state index contributed by atoms with van der Waals surface area (Å²) in [6.07, 6.45) is 11.4. The molecule has 0 saturated heterocycles. The molecule has 4 heteroatoms. The number of hydrogen-bond acceptors (Lipinski definition) is 4. The van der Waals surface area contributed by atoms with Gasteiger partial charge >= 0.3 is 0 Å². The fourth-order valence-corrected chi connectivity index (χ4v) is 2.83. The summed E-state index contributed by atoms with van der Waals surface area (Å²) in [5.74, 6) is 2.40. The average Bonchev–Trinajstić information content (AvgIpc) is 2.98. The highest BCUT2D eigenvalue weighted by Gasteiger charge is 2.26. The smallest absolute Gasteiger partial charge is 0.233 e. The summed E-state index contributed by atoms with van der Waals surface area (Å²) < 4.78 is 5.38. The lowest BCUT2D eigenvalue weighted by Crippen LogP contribution is -2.14. The van der Waals surface area contributed by atoms with Crippen LogP contribution in [0.2, 0.25) is 0 Å². The lowest BCUT2D eigenvalue weighted by Gasteiger charge is -2.17. The fraction of sp³-hybridized carbons (Fsp3) is 0.692. The Balaban J connectivity index is 1.71. The van der Waals surface area contributed by atoms with E-state index >= 15 is 0 Å². The maximum absolute atomic E-state index is 5.84. The highest BCUT2D eigenvalue weighted by molar-refractivity contribution is 5.15. The zero-order chi connectivity index (χ0) is 11.7. The van der Waals surface area contributed by atoms with E-state index < -0.39 is 0 Å². The SMILES string of the molecule is NC1C=CC(c2nc(C3CCCCC3)no2)C1. The van der Waals surface area contributed by atoms with Crippen molar-refractivity contribution in [3.8, 4) is 0 Å². The molecule has 1 aromatic rings. The molecule has 92 valence electrons. The van der Waals surface area contributed by atoms with Gasteiger partial charge in [-0.05, 0) is 19.3 Å². The monoisotopic (exact) mass is 233 g/mol. The lowest BCUT2D eigenvalue weighted by molar-refractivity contribution is 0.348. The Labute approximate surface area is 101 Å². The molecule has 1 aromatic heterocycles. The quantitative estimate of drug-likeness (QED) is 0.797. The Morgan fingerprint density at radius 1 is 1.18 bits per heavy atom. The van der Waals surface area contributed by atoms with Gasteiger partial charge in [0.15, 0.2) is 5.82 Å². The first-order valence-corrected chi connectivity index (χ1v) is 6.60. The predicted octanol–water partition coefficient (Wildman–Crippen LogP) is 2.49. The maximum Gasteiger partial charge on any atom is 0.233 e. The molecule has 1 fully saturated rings. The van der Waals surface area contributed by atoms with E-state index in [4.69, 9.17) is 10.3 Å². The van der Waals surface area contributed by atoms with Crippen molar-refractivity contribution in [1.29, 1.82) is 0 Å². The molecule has 4 nitrogen and oxygen atoms in total. The number of nitrogens with two attached hydrogens (primary N) is 1. The Bertz CT molecular complexity index is 407. The first-order chi connectivity index (χ1) is 8.33. The summed E-state index contributed by atoms with van der Waals surface area (Å²) >= 11 is 0. The van der Waals surface area contributed by atoms with Crippen LogP contribution in [0.1, 0.15) is 62.1 Å². The third-order valence-corrected chi connectivity index (χ3v) is 3.86. The van der Waals surface area contributed by atoms with Gasteiger partial charge in [0, 0.05) is 12.0 Å². The molecule has 2 aliphatic rings. The molecule has 2 unspecified atom stereocenters.